The van der Waals surface area contributed by atoms with Gasteiger partial charge in [0.2, 0.25) is 0 Å². The number of hydrogen-bond acceptors (Lipinski definition) is 7. The van der Waals surface area contributed by atoms with Gasteiger partial charge in [-0.05, 0) is 80.1 Å². The minimum atomic E-state index is -3.91. The number of benzene rings is 2. The number of imide groups is 1. The molecule has 0 aliphatic heterocycles. The topological polar surface area (TPSA) is 131 Å². The highest BCUT2D eigenvalue weighted by atomic mass is 35.5. The smallest absolute Gasteiger partial charge is 0.414 e. The van der Waals surface area contributed by atoms with Crippen LogP contribution in [0, 0.1) is 5.92 Å². The number of carbonyl (C=O) groups excluding carboxylic acids is 3. The fraction of sp³-hybridized carbons (Fsp3) is 0.269. The zero-order chi connectivity index (χ0) is 27.4. The summed E-state index contributed by atoms with van der Waals surface area (Å²) in [4.78, 5) is 39.1. The number of thiophene rings is 1. The van der Waals surface area contributed by atoms with Gasteiger partial charge in [0.15, 0.2) is 0 Å². The van der Waals surface area contributed by atoms with E-state index < -0.39 is 27.9 Å². The lowest BCUT2D eigenvalue weighted by Crippen LogP contribution is -2.32. The quantitative estimate of drug-likeness (QED) is 0.342. The lowest BCUT2D eigenvalue weighted by atomic mass is 9.88. The Morgan fingerprint density at radius 1 is 1.11 bits per heavy atom. The van der Waals surface area contributed by atoms with Crippen LogP contribution in [0.3, 0.4) is 0 Å². The van der Waals surface area contributed by atoms with Gasteiger partial charge in [0.1, 0.15) is 5.00 Å². The highest BCUT2D eigenvalue weighted by Gasteiger charge is 2.29. The summed E-state index contributed by atoms with van der Waals surface area (Å²) in [6.45, 7) is 3.86. The number of amides is 3. The molecule has 1 atom stereocenters. The molecule has 1 aromatic heterocycles. The first-order valence-electron chi connectivity index (χ1n) is 11.9. The Kier molecular flexibility index (Phi) is 8.39. The first-order valence-corrected chi connectivity index (χ1v) is 14.6. The molecule has 1 aliphatic rings. The summed E-state index contributed by atoms with van der Waals surface area (Å²) < 4.78 is 32.8. The van der Waals surface area contributed by atoms with Crippen LogP contribution in [-0.2, 0) is 27.6 Å². The number of halogens is 1. The zero-order valence-corrected chi connectivity index (χ0v) is 23.1. The molecule has 1 unspecified atom stereocenters. The van der Waals surface area contributed by atoms with E-state index >= 15 is 0 Å². The van der Waals surface area contributed by atoms with Crippen molar-refractivity contribution in [3.05, 3.63) is 75.1 Å². The Bertz CT molecular complexity index is 1490. The molecular weight excluding hydrogens is 550 g/mol. The lowest BCUT2D eigenvalue weighted by Gasteiger charge is -2.18. The lowest BCUT2D eigenvalue weighted by molar-refractivity contribution is 0.0925. The van der Waals surface area contributed by atoms with E-state index in [-0.39, 0.29) is 28.3 Å². The highest BCUT2D eigenvalue weighted by molar-refractivity contribution is 7.92. The fourth-order valence-corrected chi connectivity index (χ4v) is 6.71. The van der Waals surface area contributed by atoms with Crippen molar-refractivity contribution in [1.29, 1.82) is 0 Å². The summed E-state index contributed by atoms with van der Waals surface area (Å²) in [6, 6.07) is 11.7. The second-order valence-electron chi connectivity index (χ2n) is 8.82. The molecule has 4 rings (SSSR count). The fourth-order valence-electron chi connectivity index (χ4n) is 4.13. The third-order valence-corrected chi connectivity index (χ3v) is 8.78. The van der Waals surface area contributed by atoms with Gasteiger partial charge in [0.25, 0.3) is 21.8 Å². The molecule has 0 fully saturated rings. The second-order valence-corrected chi connectivity index (χ2v) is 12.0. The van der Waals surface area contributed by atoms with E-state index in [1.54, 1.807) is 13.0 Å². The highest BCUT2D eigenvalue weighted by Crippen LogP contribution is 2.40. The van der Waals surface area contributed by atoms with Crippen molar-refractivity contribution in [2.24, 2.45) is 5.92 Å². The van der Waals surface area contributed by atoms with Crippen molar-refractivity contribution in [3.63, 3.8) is 0 Å². The van der Waals surface area contributed by atoms with Gasteiger partial charge in [-0.25, -0.2) is 13.2 Å². The van der Waals surface area contributed by atoms with E-state index in [2.05, 4.69) is 22.3 Å². The average Bonchev–Trinajstić information content (AvgIpc) is 3.21. The molecule has 2 aromatic carbocycles. The summed E-state index contributed by atoms with van der Waals surface area (Å²) in [5.41, 5.74) is 1.43. The molecule has 38 heavy (non-hydrogen) atoms. The number of fused-ring (bicyclic) bond motifs is 1. The summed E-state index contributed by atoms with van der Waals surface area (Å²) >= 11 is 7.15. The van der Waals surface area contributed by atoms with Gasteiger partial charge in [-0.3, -0.25) is 19.6 Å². The van der Waals surface area contributed by atoms with E-state index in [1.807, 2.05) is 0 Å². The molecule has 1 heterocycles. The molecule has 9 nitrogen and oxygen atoms in total. The molecule has 0 saturated carbocycles. The van der Waals surface area contributed by atoms with Crippen LogP contribution in [-0.4, -0.2) is 32.9 Å². The number of hydrogen-bond donors (Lipinski definition) is 3. The summed E-state index contributed by atoms with van der Waals surface area (Å²) in [5.74, 6) is -0.749. The van der Waals surface area contributed by atoms with Crippen LogP contribution < -0.4 is 15.4 Å². The second kappa shape index (κ2) is 11.5. The molecule has 1 aliphatic carbocycles. The maximum atomic E-state index is 13.2. The average molecular weight is 576 g/mol. The first kappa shape index (κ1) is 27.6. The van der Waals surface area contributed by atoms with Gasteiger partial charge in [-0.2, -0.15) is 0 Å². The molecule has 0 saturated heterocycles. The van der Waals surface area contributed by atoms with E-state index in [0.717, 1.165) is 23.3 Å². The molecule has 12 heteroatoms. The van der Waals surface area contributed by atoms with Crippen LogP contribution in [0.5, 0.6) is 0 Å². The molecule has 3 N–H and O–H groups in total. The molecule has 0 radical (unpaired) electrons. The van der Waals surface area contributed by atoms with Gasteiger partial charge >= 0.3 is 6.09 Å². The summed E-state index contributed by atoms with van der Waals surface area (Å²) in [6.07, 6.45) is 1.43. The van der Waals surface area contributed by atoms with Gasteiger partial charge in [-0.15, -0.1) is 11.3 Å². The third kappa shape index (κ3) is 6.35. The van der Waals surface area contributed by atoms with Crippen molar-refractivity contribution in [2.75, 3.05) is 16.6 Å². The number of ether oxygens (including phenoxy) is 1. The number of alkyl carbamates (subject to hydrolysis) is 1. The number of sulfonamides is 1. The summed E-state index contributed by atoms with van der Waals surface area (Å²) in [7, 11) is -3.91. The van der Waals surface area contributed by atoms with Crippen LogP contribution in [0.15, 0.2) is 53.4 Å². The van der Waals surface area contributed by atoms with Crippen LogP contribution in [0.2, 0.25) is 5.02 Å². The largest absolute Gasteiger partial charge is 0.450 e. The number of nitrogens with one attached hydrogen (secondary N) is 3. The Hall–Kier alpha value is -3.41. The van der Waals surface area contributed by atoms with Crippen molar-refractivity contribution >= 4 is 61.6 Å². The Balaban J connectivity index is 1.58. The predicted octanol–water partition coefficient (Wildman–Crippen LogP) is 5.47. The normalized spacial score (nSPS) is 14.8. The molecule has 200 valence electrons. The van der Waals surface area contributed by atoms with Gasteiger partial charge in [0, 0.05) is 21.2 Å². The Labute approximate surface area is 229 Å². The minimum Gasteiger partial charge on any atom is -0.450 e. The minimum absolute atomic E-state index is 0.0207. The molecule has 0 bridgehead atoms. The monoisotopic (exact) mass is 575 g/mol. The standard InChI is InChI=1S/C26H26ClN3O6S2/c1-3-36-26(33)29-24(32)22-20-12-7-15(2)13-21(20)37-25(22)28-23(31)16-5-4-6-18(14-16)30-38(34,35)19-10-8-17(27)9-11-19/h4-6,8-11,14-15,30H,3,7,12-13H2,1-2H3,(H,28,31)(H,29,32,33). The van der Waals surface area contributed by atoms with Crippen molar-refractivity contribution in [2.45, 2.75) is 38.0 Å². The third-order valence-electron chi connectivity index (χ3n) is 5.96. The molecule has 3 aromatic rings. The van der Waals surface area contributed by atoms with Crippen molar-refractivity contribution in [1.82, 2.24) is 5.32 Å². The maximum Gasteiger partial charge on any atom is 0.414 e. The maximum absolute atomic E-state index is 13.2. The van der Waals surface area contributed by atoms with Crippen LogP contribution in [0.4, 0.5) is 15.5 Å². The van der Waals surface area contributed by atoms with E-state index in [9.17, 15) is 22.8 Å². The van der Waals surface area contributed by atoms with Gasteiger partial charge in [-0.1, -0.05) is 24.6 Å². The van der Waals surface area contributed by atoms with Gasteiger partial charge in [0.05, 0.1) is 17.1 Å². The Morgan fingerprint density at radius 2 is 1.84 bits per heavy atom. The molecule has 0 spiro atoms. The number of carbonyl (C=O) groups is 3. The zero-order valence-electron chi connectivity index (χ0n) is 20.7. The van der Waals surface area contributed by atoms with E-state index in [0.29, 0.717) is 22.4 Å². The van der Waals surface area contributed by atoms with Gasteiger partial charge < -0.3 is 10.1 Å². The van der Waals surface area contributed by atoms with Crippen LogP contribution in [0.1, 0.15) is 51.4 Å². The van der Waals surface area contributed by atoms with E-state index in [1.165, 1.54) is 53.8 Å². The first-order chi connectivity index (χ1) is 18.1. The number of anilines is 2. The van der Waals surface area contributed by atoms with Crippen LogP contribution in [0.25, 0.3) is 0 Å². The summed E-state index contributed by atoms with van der Waals surface area (Å²) in [5, 5.41) is 5.74. The molecule has 3 amide bonds. The number of rotatable bonds is 7. The molecular formula is C26H26ClN3O6S2. The predicted molar refractivity (Wildman–Crippen MR) is 147 cm³/mol. The Morgan fingerprint density at radius 3 is 2.55 bits per heavy atom. The van der Waals surface area contributed by atoms with Crippen LogP contribution >= 0.6 is 22.9 Å². The van der Waals surface area contributed by atoms with E-state index in [4.69, 9.17) is 16.3 Å². The van der Waals surface area contributed by atoms with Crippen molar-refractivity contribution < 1.29 is 27.5 Å². The van der Waals surface area contributed by atoms with Crippen molar-refractivity contribution in [3.8, 4) is 0 Å². The SMILES string of the molecule is CCOC(=O)NC(=O)c1c(NC(=O)c2cccc(NS(=O)(=O)c3ccc(Cl)cc3)c2)sc2c1CCC(C)C2.